The smallest absolute Gasteiger partial charge is 0.303 e. The van der Waals surface area contributed by atoms with Crippen LogP contribution in [0.1, 0.15) is 40.5 Å². The maximum Gasteiger partial charge on any atom is 0.303 e. The molecule has 0 aromatic heterocycles. The van der Waals surface area contributed by atoms with Crippen LogP contribution in [0.25, 0.3) is 0 Å². The number of rotatable bonds is 1. The van der Waals surface area contributed by atoms with E-state index in [9.17, 15) is 4.79 Å². The van der Waals surface area contributed by atoms with Gasteiger partial charge in [0.05, 0.1) is 0 Å². The van der Waals surface area contributed by atoms with Gasteiger partial charge in [-0.1, -0.05) is 33.3 Å². The second kappa shape index (κ2) is 22.9. The van der Waals surface area contributed by atoms with Crippen molar-refractivity contribution < 1.29 is 9.90 Å². The van der Waals surface area contributed by atoms with Crippen molar-refractivity contribution in [1.82, 2.24) is 0 Å². The van der Waals surface area contributed by atoms with Crippen molar-refractivity contribution in [3.8, 4) is 0 Å². The molecule has 0 heterocycles. The van der Waals surface area contributed by atoms with Crippen LogP contribution in [0.2, 0.25) is 0 Å². The van der Waals surface area contributed by atoms with E-state index in [-0.39, 0.29) is 6.42 Å². The minimum Gasteiger partial charge on any atom is -0.481 e. The zero-order chi connectivity index (χ0) is 9.70. The molecule has 11 heavy (non-hydrogen) atoms. The molecule has 0 aromatic rings. The molecule has 0 aliphatic carbocycles. The van der Waals surface area contributed by atoms with Gasteiger partial charge in [-0.15, -0.1) is 6.58 Å². The van der Waals surface area contributed by atoms with Crippen molar-refractivity contribution in [1.29, 1.82) is 0 Å². The first-order chi connectivity index (χ1) is 5.10. The molecule has 2 nitrogen and oxygen atoms in total. The maximum atomic E-state index is 9.37. The van der Waals surface area contributed by atoms with Gasteiger partial charge in [-0.25, -0.2) is 0 Å². The second-order valence-corrected chi connectivity index (χ2v) is 1.86. The van der Waals surface area contributed by atoms with Gasteiger partial charge in [0, 0.05) is 6.42 Å². The number of hydrogen-bond donors (Lipinski definition) is 1. The molecule has 68 valence electrons. The van der Waals surface area contributed by atoms with Gasteiger partial charge in [-0.05, 0) is 6.92 Å². The van der Waals surface area contributed by atoms with E-state index >= 15 is 0 Å². The zero-order valence-electron chi connectivity index (χ0n) is 8.05. The molecule has 0 aliphatic rings. The monoisotopic (exact) mass is 160 g/mol. The van der Waals surface area contributed by atoms with Gasteiger partial charge in [0.25, 0.3) is 0 Å². The van der Waals surface area contributed by atoms with Crippen molar-refractivity contribution in [2.24, 2.45) is 0 Å². The van der Waals surface area contributed by atoms with Gasteiger partial charge < -0.3 is 5.11 Å². The summed E-state index contributed by atoms with van der Waals surface area (Å²) in [5.74, 6) is -0.745. The Morgan fingerprint density at radius 1 is 1.45 bits per heavy atom. The highest BCUT2D eigenvalue weighted by Gasteiger charge is 1.80. The summed E-state index contributed by atoms with van der Waals surface area (Å²) in [6.07, 6.45) is 3.22. The fourth-order valence-electron chi connectivity index (χ4n) is 0. The molecule has 2 heteroatoms. The van der Waals surface area contributed by atoms with Gasteiger partial charge in [-0.2, -0.15) is 0 Å². The van der Waals surface area contributed by atoms with Crippen LogP contribution >= 0.6 is 0 Å². The van der Waals surface area contributed by atoms with Crippen molar-refractivity contribution in [3.05, 3.63) is 12.7 Å². The lowest BCUT2D eigenvalue weighted by atomic mass is 10.5. The number of carbonyl (C=O) groups is 1. The van der Waals surface area contributed by atoms with Crippen molar-refractivity contribution in [2.45, 2.75) is 40.5 Å². The Morgan fingerprint density at radius 2 is 1.55 bits per heavy atom. The number of allylic oxidation sites excluding steroid dienone is 1. The summed E-state index contributed by atoms with van der Waals surface area (Å²) in [6.45, 7) is 11.1. The van der Waals surface area contributed by atoms with Crippen LogP contribution in [0.3, 0.4) is 0 Å². The summed E-state index contributed by atoms with van der Waals surface area (Å²) in [4.78, 5) is 9.37. The van der Waals surface area contributed by atoms with E-state index in [1.54, 1.807) is 13.0 Å². The Labute approximate surface area is 69.9 Å². The largest absolute Gasteiger partial charge is 0.481 e. The highest BCUT2D eigenvalue weighted by atomic mass is 16.4. The molecule has 0 aromatic carbocycles. The third-order valence-electron chi connectivity index (χ3n) is 0.302. The van der Waals surface area contributed by atoms with Gasteiger partial charge in [0.2, 0.25) is 0 Å². The third kappa shape index (κ3) is 327. The molecule has 0 saturated heterocycles. The van der Waals surface area contributed by atoms with Gasteiger partial charge in [0.1, 0.15) is 0 Å². The van der Waals surface area contributed by atoms with E-state index in [0.29, 0.717) is 0 Å². The Kier molecular flexibility index (Phi) is 34.6. The molecular weight excluding hydrogens is 140 g/mol. The molecule has 0 fully saturated rings. The van der Waals surface area contributed by atoms with E-state index in [1.807, 2.05) is 6.92 Å². The fraction of sp³-hybridized carbons (Fsp3) is 0.667. The van der Waals surface area contributed by atoms with Gasteiger partial charge in [-0.3, -0.25) is 4.79 Å². The lowest BCUT2D eigenvalue weighted by Crippen LogP contribution is -1.86. The van der Waals surface area contributed by atoms with Crippen LogP contribution < -0.4 is 0 Å². The molecule has 0 atom stereocenters. The first-order valence-corrected chi connectivity index (χ1v) is 3.89. The van der Waals surface area contributed by atoms with Crippen molar-refractivity contribution in [2.75, 3.05) is 0 Å². The molecular formula is C9H20O2. The average molecular weight is 160 g/mol. The molecule has 0 spiro atoms. The number of aliphatic carboxylic acids is 1. The summed E-state index contributed by atoms with van der Waals surface area (Å²) >= 11 is 0. The van der Waals surface area contributed by atoms with Crippen molar-refractivity contribution in [3.63, 3.8) is 0 Å². The molecule has 0 saturated carbocycles. The van der Waals surface area contributed by atoms with E-state index in [2.05, 4.69) is 20.4 Å². The molecule has 0 amide bonds. The predicted octanol–water partition coefficient (Wildman–Crippen LogP) is 3.09. The highest BCUT2D eigenvalue weighted by Crippen LogP contribution is 1.67. The zero-order valence-corrected chi connectivity index (χ0v) is 8.05. The summed E-state index contributed by atoms with van der Waals surface area (Å²) in [6, 6.07) is 0. The van der Waals surface area contributed by atoms with Crippen molar-refractivity contribution >= 4 is 5.97 Å². The quantitative estimate of drug-likeness (QED) is 0.598. The summed E-state index contributed by atoms with van der Waals surface area (Å²) in [5, 5.41) is 7.72. The molecule has 0 rings (SSSR count). The van der Waals surface area contributed by atoms with Gasteiger partial charge >= 0.3 is 5.97 Å². The standard InChI is InChI=1S/C3H6O2.C3H8.C3H6/c1-2-3(4)5;2*1-3-2/h2H2,1H3,(H,4,5);3H2,1-2H3;3H,1H2,2H3. The maximum absolute atomic E-state index is 9.37. The summed E-state index contributed by atoms with van der Waals surface area (Å²) < 4.78 is 0. The molecule has 0 aliphatic heterocycles. The first kappa shape index (κ1) is 16.7. The second-order valence-electron chi connectivity index (χ2n) is 1.86. The van der Waals surface area contributed by atoms with Crippen LogP contribution in [-0.2, 0) is 4.79 Å². The Morgan fingerprint density at radius 3 is 1.55 bits per heavy atom. The summed E-state index contributed by atoms with van der Waals surface area (Å²) in [5.41, 5.74) is 0. The number of hydrogen-bond acceptors (Lipinski definition) is 1. The van der Waals surface area contributed by atoms with Crippen LogP contribution in [0.5, 0.6) is 0 Å². The molecule has 0 unspecified atom stereocenters. The Bertz CT molecular complexity index is 77.6. The highest BCUT2D eigenvalue weighted by molar-refractivity contribution is 5.66. The lowest BCUT2D eigenvalue weighted by molar-refractivity contribution is -0.136. The molecule has 0 radical (unpaired) electrons. The van der Waals surface area contributed by atoms with Crippen LogP contribution in [-0.4, -0.2) is 11.1 Å². The topological polar surface area (TPSA) is 37.3 Å². The number of carboxylic acids is 1. The normalized spacial score (nSPS) is 6.18. The average Bonchev–Trinajstić information content (AvgIpc) is 1.91. The van der Waals surface area contributed by atoms with E-state index < -0.39 is 5.97 Å². The van der Waals surface area contributed by atoms with E-state index in [4.69, 9.17) is 5.11 Å². The number of carboxylic acid groups (broad SMARTS) is 1. The first-order valence-electron chi connectivity index (χ1n) is 3.89. The van der Waals surface area contributed by atoms with Crippen LogP contribution in [0.15, 0.2) is 12.7 Å². The third-order valence-corrected chi connectivity index (χ3v) is 0.302. The predicted molar refractivity (Wildman–Crippen MR) is 49.8 cm³/mol. The van der Waals surface area contributed by atoms with Crippen LogP contribution in [0, 0.1) is 0 Å². The SMILES string of the molecule is C=CC.CCC.CCC(=O)O. The minimum atomic E-state index is -0.745. The summed E-state index contributed by atoms with van der Waals surface area (Å²) in [7, 11) is 0. The molecule has 1 N–H and O–H groups in total. The molecule has 0 bridgehead atoms. The van der Waals surface area contributed by atoms with Crippen LogP contribution in [0.4, 0.5) is 0 Å². The Hall–Kier alpha value is -0.790. The van der Waals surface area contributed by atoms with Gasteiger partial charge in [0.15, 0.2) is 0 Å². The minimum absolute atomic E-state index is 0.222. The van der Waals surface area contributed by atoms with E-state index in [1.165, 1.54) is 6.42 Å². The lowest BCUT2D eigenvalue weighted by Gasteiger charge is -1.71. The Balaban J connectivity index is -0.0000000933. The fourth-order valence-corrected chi connectivity index (χ4v) is 0. The van der Waals surface area contributed by atoms with E-state index in [0.717, 1.165) is 0 Å².